The fraction of sp³-hybridized carbons (Fsp3) is 0.286. The first-order valence-electron chi connectivity index (χ1n) is 5.99. The zero-order chi connectivity index (χ0) is 14.2. The number of aliphatic hydroxyl groups is 1. The normalized spacial score (nSPS) is 9.90. The van der Waals surface area contributed by atoms with Gasteiger partial charge in [0.1, 0.15) is 12.1 Å². The predicted octanol–water partition coefficient (Wildman–Crippen LogP) is 2.57. The molecule has 0 aliphatic carbocycles. The van der Waals surface area contributed by atoms with E-state index in [1.807, 2.05) is 18.2 Å². The van der Waals surface area contributed by atoms with Gasteiger partial charge in [-0.2, -0.15) is 4.37 Å². The fourth-order valence-electron chi connectivity index (χ4n) is 1.53. The van der Waals surface area contributed by atoms with Crippen LogP contribution in [0.4, 0.5) is 0 Å². The highest BCUT2D eigenvalue weighted by Gasteiger charge is 2.04. The molecule has 0 spiro atoms. The van der Waals surface area contributed by atoms with Gasteiger partial charge in [0.25, 0.3) is 0 Å². The van der Waals surface area contributed by atoms with Gasteiger partial charge >= 0.3 is 0 Å². The molecular weight excluding hydrogens is 292 g/mol. The minimum atomic E-state index is 0.0713. The summed E-state index contributed by atoms with van der Waals surface area (Å²) in [6.07, 6.45) is 2.03. The molecule has 0 saturated heterocycles. The average molecular weight is 306 g/mol. The van der Waals surface area contributed by atoms with Crippen LogP contribution in [-0.2, 0) is 5.75 Å². The highest BCUT2D eigenvalue weighted by atomic mass is 32.2. The van der Waals surface area contributed by atoms with Gasteiger partial charge in [0.2, 0.25) is 0 Å². The Morgan fingerprint density at radius 2 is 2.35 bits per heavy atom. The summed E-state index contributed by atoms with van der Waals surface area (Å²) in [5.74, 6) is 7.51. The van der Waals surface area contributed by atoms with Gasteiger partial charge in [-0.15, -0.1) is 0 Å². The van der Waals surface area contributed by atoms with E-state index in [1.165, 1.54) is 11.5 Å². The molecule has 1 N–H and O–H groups in total. The van der Waals surface area contributed by atoms with Gasteiger partial charge in [0.05, 0.1) is 19.3 Å². The molecule has 104 valence electrons. The van der Waals surface area contributed by atoms with Crippen LogP contribution in [0, 0.1) is 11.8 Å². The van der Waals surface area contributed by atoms with E-state index < -0.39 is 0 Å². The molecule has 4 nitrogen and oxygen atoms in total. The number of nitrogens with zero attached hydrogens (tertiary/aromatic N) is 2. The van der Waals surface area contributed by atoms with Gasteiger partial charge in [-0.1, -0.05) is 29.7 Å². The van der Waals surface area contributed by atoms with E-state index in [0.717, 1.165) is 27.0 Å². The van der Waals surface area contributed by atoms with Crippen molar-refractivity contribution in [3.05, 3.63) is 35.7 Å². The van der Waals surface area contributed by atoms with Gasteiger partial charge in [0.15, 0.2) is 4.34 Å². The molecule has 2 rings (SSSR count). The molecule has 2 aromatic rings. The monoisotopic (exact) mass is 306 g/mol. The molecule has 6 heteroatoms. The Morgan fingerprint density at radius 1 is 1.45 bits per heavy atom. The topological polar surface area (TPSA) is 55.2 Å². The minimum absolute atomic E-state index is 0.0713. The summed E-state index contributed by atoms with van der Waals surface area (Å²) in [7, 11) is 1.63. The molecule has 0 atom stereocenters. The van der Waals surface area contributed by atoms with Crippen LogP contribution in [0.1, 0.15) is 17.5 Å². The molecule has 1 aromatic carbocycles. The van der Waals surface area contributed by atoms with E-state index in [1.54, 1.807) is 25.2 Å². The first kappa shape index (κ1) is 14.9. The Labute approximate surface area is 126 Å². The highest BCUT2D eigenvalue weighted by Crippen LogP contribution is 2.26. The molecular formula is C14H14N2O2S2. The highest BCUT2D eigenvalue weighted by molar-refractivity contribution is 8.00. The minimum Gasteiger partial charge on any atom is -0.495 e. The zero-order valence-corrected chi connectivity index (χ0v) is 12.6. The van der Waals surface area contributed by atoms with E-state index >= 15 is 0 Å². The van der Waals surface area contributed by atoms with Crippen LogP contribution in [0.25, 0.3) is 0 Å². The number of thioether (sulfide) groups is 1. The summed E-state index contributed by atoms with van der Waals surface area (Å²) < 4.78 is 10.2. The standard InChI is InChI=1S/C14H14N2O2S2/c1-18-13-6-5-11(8-12(13)4-2-3-7-17)9-19-14-15-10-16-20-14/h5-6,8,10,17H,3,7,9H2,1H3. The number of rotatable bonds is 5. The number of hydrogen-bond acceptors (Lipinski definition) is 6. The van der Waals surface area contributed by atoms with Gasteiger partial charge in [-0.05, 0) is 29.2 Å². The van der Waals surface area contributed by atoms with Crippen molar-refractivity contribution >= 4 is 23.3 Å². The molecule has 20 heavy (non-hydrogen) atoms. The van der Waals surface area contributed by atoms with Crippen LogP contribution in [0.3, 0.4) is 0 Å². The molecule has 1 heterocycles. The van der Waals surface area contributed by atoms with Gasteiger partial charge < -0.3 is 9.84 Å². The lowest BCUT2D eigenvalue weighted by molar-refractivity contribution is 0.305. The van der Waals surface area contributed by atoms with Crippen LogP contribution in [0.15, 0.2) is 28.9 Å². The Balaban J connectivity index is 2.10. The molecule has 0 aliphatic heterocycles. The second kappa shape index (κ2) is 7.90. The zero-order valence-electron chi connectivity index (χ0n) is 11.0. The van der Waals surface area contributed by atoms with E-state index in [9.17, 15) is 0 Å². The van der Waals surface area contributed by atoms with E-state index in [0.29, 0.717) is 6.42 Å². The SMILES string of the molecule is COc1ccc(CSc2ncns2)cc1C#CCCO. The molecule has 0 bridgehead atoms. The number of aliphatic hydroxyl groups excluding tert-OH is 1. The summed E-state index contributed by atoms with van der Waals surface area (Å²) in [5, 5.41) is 8.77. The van der Waals surface area contributed by atoms with E-state index in [-0.39, 0.29) is 6.61 Å². The number of ether oxygens (including phenoxy) is 1. The van der Waals surface area contributed by atoms with Crippen molar-refractivity contribution < 1.29 is 9.84 Å². The van der Waals surface area contributed by atoms with Crippen molar-refractivity contribution in [2.75, 3.05) is 13.7 Å². The third kappa shape index (κ3) is 4.23. The molecule has 0 fully saturated rings. The summed E-state index contributed by atoms with van der Waals surface area (Å²) in [4.78, 5) is 4.14. The lowest BCUT2D eigenvalue weighted by Crippen LogP contribution is -1.90. The predicted molar refractivity (Wildman–Crippen MR) is 81.0 cm³/mol. The van der Waals surface area contributed by atoms with Gasteiger partial charge in [-0.25, -0.2) is 4.98 Å². The third-order valence-corrected chi connectivity index (χ3v) is 4.30. The second-order valence-electron chi connectivity index (χ2n) is 3.81. The Kier molecular flexibility index (Phi) is 5.87. The summed E-state index contributed by atoms with van der Waals surface area (Å²) >= 11 is 3.04. The van der Waals surface area contributed by atoms with Crippen molar-refractivity contribution in [2.45, 2.75) is 16.5 Å². The van der Waals surface area contributed by atoms with Crippen molar-refractivity contribution in [3.8, 4) is 17.6 Å². The lowest BCUT2D eigenvalue weighted by Gasteiger charge is -2.06. The number of hydrogen-bond donors (Lipinski definition) is 1. The molecule has 1 aromatic heterocycles. The maximum absolute atomic E-state index is 8.77. The first-order valence-corrected chi connectivity index (χ1v) is 7.75. The van der Waals surface area contributed by atoms with Crippen molar-refractivity contribution in [2.24, 2.45) is 0 Å². The summed E-state index contributed by atoms with van der Waals surface area (Å²) in [6.45, 7) is 0.0713. The van der Waals surface area contributed by atoms with E-state index in [4.69, 9.17) is 9.84 Å². The largest absolute Gasteiger partial charge is 0.495 e. The van der Waals surface area contributed by atoms with Crippen LogP contribution >= 0.6 is 23.3 Å². The Bertz CT molecular complexity index is 603. The Hall–Kier alpha value is -1.55. The molecule has 0 unspecified atom stereocenters. The molecule has 0 amide bonds. The average Bonchev–Trinajstić information content (AvgIpc) is 2.99. The van der Waals surface area contributed by atoms with Crippen LogP contribution in [0.5, 0.6) is 5.75 Å². The van der Waals surface area contributed by atoms with Crippen molar-refractivity contribution in [3.63, 3.8) is 0 Å². The van der Waals surface area contributed by atoms with E-state index in [2.05, 4.69) is 21.2 Å². The van der Waals surface area contributed by atoms with Crippen molar-refractivity contribution in [1.82, 2.24) is 9.36 Å². The smallest absolute Gasteiger partial charge is 0.170 e. The number of benzene rings is 1. The number of methoxy groups -OCH3 is 1. The molecule has 0 saturated carbocycles. The van der Waals surface area contributed by atoms with Gasteiger partial charge in [0, 0.05) is 12.2 Å². The second-order valence-corrected chi connectivity index (χ2v) is 5.81. The third-order valence-electron chi connectivity index (χ3n) is 2.43. The van der Waals surface area contributed by atoms with Crippen molar-refractivity contribution in [1.29, 1.82) is 0 Å². The summed E-state index contributed by atoms with van der Waals surface area (Å²) in [5.41, 5.74) is 2.00. The van der Waals surface area contributed by atoms with Crippen LogP contribution < -0.4 is 4.74 Å². The maximum Gasteiger partial charge on any atom is 0.170 e. The maximum atomic E-state index is 8.77. The molecule has 0 aliphatic rings. The molecule has 0 radical (unpaired) electrons. The quantitative estimate of drug-likeness (QED) is 0.679. The first-order chi connectivity index (χ1) is 9.83. The van der Waals surface area contributed by atoms with Crippen LogP contribution in [-0.4, -0.2) is 28.2 Å². The fourth-order valence-corrected chi connectivity index (χ4v) is 2.91. The summed E-state index contributed by atoms with van der Waals surface area (Å²) in [6, 6.07) is 5.94. The Morgan fingerprint density at radius 3 is 3.05 bits per heavy atom. The van der Waals surface area contributed by atoms with Gasteiger partial charge in [-0.3, -0.25) is 0 Å². The van der Waals surface area contributed by atoms with Crippen LogP contribution in [0.2, 0.25) is 0 Å². The lowest BCUT2D eigenvalue weighted by atomic mass is 10.1. The number of aromatic nitrogens is 2.